The number of aromatic amines is 1. The summed E-state index contributed by atoms with van der Waals surface area (Å²) in [6.45, 7) is 4.65. The zero-order valence-electron chi connectivity index (χ0n) is 14.6. The van der Waals surface area contributed by atoms with Crippen molar-refractivity contribution in [3.63, 3.8) is 0 Å². The lowest BCUT2D eigenvalue weighted by Crippen LogP contribution is -2.22. The predicted octanol–water partition coefficient (Wildman–Crippen LogP) is 5.45. The fourth-order valence-electron chi connectivity index (χ4n) is 3.09. The van der Waals surface area contributed by atoms with Gasteiger partial charge in [-0.25, -0.2) is 0 Å². The third kappa shape index (κ3) is 2.93. The van der Waals surface area contributed by atoms with E-state index in [0.29, 0.717) is 16.7 Å². The molecule has 0 saturated heterocycles. The van der Waals surface area contributed by atoms with Gasteiger partial charge in [0.25, 0.3) is 5.56 Å². The van der Waals surface area contributed by atoms with Gasteiger partial charge in [0, 0.05) is 10.9 Å². The molecule has 130 valence electrons. The van der Waals surface area contributed by atoms with Gasteiger partial charge in [-0.1, -0.05) is 48.5 Å². The van der Waals surface area contributed by atoms with Crippen molar-refractivity contribution in [1.29, 1.82) is 0 Å². The predicted molar refractivity (Wildman–Crippen MR) is 112 cm³/mol. The Balaban J connectivity index is 1.92. The van der Waals surface area contributed by atoms with Crippen molar-refractivity contribution in [1.82, 2.24) is 9.55 Å². The highest BCUT2D eigenvalue weighted by Crippen LogP contribution is 2.31. The summed E-state index contributed by atoms with van der Waals surface area (Å²) < 4.78 is 2.10. The van der Waals surface area contributed by atoms with Gasteiger partial charge in [0.1, 0.15) is 4.83 Å². The Kier molecular flexibility index (Phi) is 4.34. The van der Waals surface area contributed by atoms with E-state index < -0.39 is 0 Å². The third-order valence-corrected chi connectivity index (χ3v) is 5.93. The highest BCUT2D eigenvalue weighted by atomic mass is 32.1. The summed E-state index contributed by atoms with van der Waals surface area (Å²) in [4.78, 5) is 17.3. The lowest BCUT2D eigenvalue weighted by molar-refractivity contribution is 0.735. The molecule has 0 unspecified atom stereocenters. The zero-order valence-corrected chi connectivity index (χ0v) is 16.2. The number of benzene rings is 2. The SMILES string of the molecule is Cc1ccc(-c2csc3[nH]c(=S)n(Cc4ccccc4)c(=O)c23)cc1C. The molecule has 0 atom stereocenters. The van der Waals surface area contributed by atoms with E-state index in [1.807, 2.05) is 35.7 Å². The Bertz CT molecular complexity index is 1220. The van der Waals surface area contributed by atoms with Crippen LogP contribution in [-0.2, 0) is 6.54 Å². The minimum atomic E-state index is -0.0397. The van der Waals surface area contributed by atoms with Crippen molar-refractivity contribution in [2.45, 2.75) is 20.4 Å². The Hall–Kier alpha value is -2.50. The van der Waals surface area contributed by atoms with Crippen LogP contribution in [0.5, 0.6) is 0 Å². The first-order chi connectivity index (χ1) is 12.5. The van der Waals surface area contributed by atoms with Gasteiger partial charge in [0.2, 0.25) is 0 Å². The smallest absolute Gasteiger partial charge is 0.263 e. The molecule has 0 saturated carbocycles. The van der Waals surface area contributed by atoms with Gasteiger partial charge in [-0.05, 0) is 48.3 Å². The van der Waals surface area contributed by atoms with Crippen molar-refractivity contribution in [3.05, 3.63) is 85.7 Å². The van der Waals surface area contributed by atoms with E-state index in [0.717, 1.165) is 21.5 Å². The van der Waals surface area contributed by atoms with Crippen LogP contribution >= 0.6 is 23.6 Å². The number of fused-ring (bicyclic) bond motifs is 1. The summed E-state index contributed by atoms with van der Waals surface area (Å²) in [5, 5.41) is 2.75. The highest BCUT2D eigenvalue weighted by Gasteiger charge is 2.14. The quantitative estimate of drug-likeness (QED) is 0.481. The maximum atomic E-state index is 13.2. The minimum Gasteiger partial charge on any atom is -0.323 e. The summed E-state index contributed by atoms with van der Waals surface area (Å²) in [5.41, 5.74) is 5.50. The largest absolute Gasteiger partial charge is 0.323 e. The molecule has 2 aromatic carbocycles. The first kappa shape index (κ1) is 16.9. The molecule has 4 rings (SSSR count). The summed E-state index contributed by atoms with van der Waals surface area (Å²) in [6, 6.07) is 16.2. The van der Waals surface area contributed by atoms with Crippen molar-refractivity contribution in [3.8, 4) is 11.1 Å². The van der Waals surface area contributed by atoms with Crippen LogP contribution in [0.25, 0.3) is 21.3 Å². The molecular formula is C21H18N2OS2. The Morgan fingerprint density at radius 2 is 1.85 bits per heavy atom. The van der Waals surface area contributed by atoms with Gasteiger partial charge in [-0.2, -0.15) is 0 Å². The second kappa shape index (κ2) is 6.67. The third-order valence-electron chi connectivity index (χ3n) is 4.72. The maximum Gasteiger partial charge on any atom is 0.263 e. The van der Waals surface area contributed by atoms with Gasteiger partial charge in [-0.15, -0.1) is 11.3 Å². The Morgan fingerprint density at radius 1 is 1.08 bits per heavy atom. The molecule has 0 bridgehead atoms. The molecule has 0 aliphatic heterocycles. The van der Waals surface area contributed by atoms with Gasteiger partial charge in [0.15, 0.2) is 4.77 Å². The number of thiophene rings is 1. The summed E-state index contributed by atoms with van der Waals surface area (Å²) in [7, 11) is 0. The fourth-order valence-corrected chi connectivity index (χ4v) is 4.36. The van der Waals surface area contributed by atoms with Crippen LogP contribution in [-0.4, -0.2) is 9.55 Å². The van der Waals surface area contributed by atoms with Crippen LogP contribution < -0.4 is 5.56 Å². The van der Waals surface area contributed by atoms with E-state index in [4.69, 9.17) is 12.2 Å². The number of aryl methyl sites for hydroxylation is 2. The van der Waals surface area contributed by atoms with E-state index in [1.165, 1.54) is 22.5 Å². The molecule has 0 radical (unpaired) electrons. The molecule has 1 N–H and O–H groups in total. The lowest BCUT2D eigenvalue weighted by Gasteiger charge is -2.08. The number of rotatable bonds is 3. The molecular weight excluding hydrogens is 360 g/mol. The van der Waals surface area contributed by atoms with Crippen LogP contribution in [0.2, 0.25) is 0 Å². The zero-order chi connectivity index (χ0) is 18.3. The summed E-state index contributed by atoms with van der Waals surface area (Å²) in [6.07, 6.45) is 0. The first-order valence-corrected chi connectivity index (χ1v) is 9.69. The van der Waals surface area contributed by atoms with Gasteiger partial charge in [0.05, 0.1) is 11.9 Å². The van der Waals surface area contributed by atoms with E-state index in [-0.39, 0.29) is 5.56 Å². The van der Waals surface area contributed by atoms with Crippen LogP contribution in [0.3, 0.4) is 0 Å². The van der Waals surface area contributed by atoms with Crippen molar-refractivity contribution in [2.75, 3.05) is 0 Å². The fraction of sp³-hybridized carbons (Fsp3) is 0.143. The van der Waals surface area contributed by atoms with Crippen LogP contribution in [0.15, 0.2) is 58.7 Å². The summed E-state index contributed by atoms with van der Waals surface area (Å²) in [5.74, 6) is 0. The van der Waals surface area contributed by atoms with Crippen molar-refractivity contribution < 1.29 is 0 Å². The number of nitrogens with one attached hydrogen (secondary N) is 1. The molecule has 2 aromatic heterocycles. The average Bonchev–Trinajstić information content (AvgIpc) is 3.05. The molecule has 0 spiro atoms. The Labute approximate surface area is 160 Å². The Morgan fingerprint density at radius 3 is 2.58 bits per heavy atom. The van der Waals surface area contributed by atoms with Crippen LogP contribution in [0.4, 0.5) is 0 Å². The molecule has 26 heavy (non-hydrogen) atoms. The minimum absolute atomic E-state index is 0.0397. The highest BCUT2D eigenvalue weighted by molar-refractivity contribution is 7.71. The molecule has 0 aliphatic carbocycles. The molecule has 4 aromatic rings. The second-order valence-electron chi connectivity index (χ2n) is 6.46. The number of aromatic nitrogens is 2. The van der Waals surface area contributed by atoms with E-state index in [2.05, 4.69) is 37.0 Å². The average molecular weight is 379 g/mol. The van der Waals surface area contributed by atoms with Gasteiger partial charge in [-0.3, -0.25) is 9.36 Å². The topological polar surface area (TPSA) is 37.8 Å². The monoisotopic (exact) mass is 378 g/mol. The number of nitrogens with zero attached hydrogens (tertiary/aromatic N) is 1. The van der Waals surface area contributed by atoms with Crippen LogP contribution in [0, 0.1) is 18.6 Å². The molecule has 0 amide bonds. The van der Waals surface area contributed by atoms with Gasteiger partial charge < -0.3 is 4.98 Å². The molecule has 0 fully saturated rings. The summed E-state index contributed by atoms with van der Waals surface area (Å²) >= 11 is 6.97. The van der Waals surface area contributed by atoms with E-state index in [1.54, 1.807) is 4.57 Å². The second-order valence-corrected chi connectivity index (χ2v) is 7.73. The lowest BCUT2D eigenvalue weighted by atomic mass is 10.0. The number of H-pyrrole nitrogens is 1. The van der Waals surface area contributed by atoms with E-state index >= 15 is 0 Å². The van der Waals surface area contributed by atoms with Crippen molar-refractivity contribution in [2.24, 2.45) is 0 Å². The molecule has 3 nitrogen and oxygen atoms in total. The standard InChI is InChI=1S/C21H18N2OS2/c1-13-8-9-16(10-14(13)2)17-12-26-19-18(17)20(24)23(21(25)22-19)11-15-6-4-3-5-7-15/h3-10,12H,11H2,1-2H3,(H,22,25). The first-order valence-electron chi connectivity index (χ1n) is 8.40. The van der Waals surface area contributed by atoms with Crippen LogP contribution in [0.1, 0.15) is 16.7 Å². The molecule has 2 heterocycles. The normalized spacial score (nSPS) is 11.2. The number of hydrogen-bond donors (Lipinski definition) is 1. The molecule has 0 aliphatic rings. The van der Waals surface area contributed by atoms with Crippen molar-refractivity contribution >= 4 is 33.8 Å². The van der Waals surface area contributed by atoms with E-state index in [9.17, 15) is 4.79 Å². The maximum absolute atomic E-state index is 13.2. The number of hydrogen-bond acceptors (Lipinski definition) is 3. The van der Waals surface area contributed by atoms with Gasteiger partial charge >= 0.3 is 0 Å². The molecule has 5 heteroatoms.